The van der Waals surface area contributed by atoms with Gasteiger partial charge in [0, 0.05) is 17.7 Å². The number of aromatic nitrogens is 2. The van der Waals surface area contributed by atoms with Crippen LogP contribution in [0.4, 0.5) is 0 Å². The number of hydrogen-bond donors (Lipinski definition) is 1. The van der Waals surface area contributed by atoms with Crippen molar-refractivity contribution in [2.24, 2.45) is 0 Å². The SMILES string of the molecule is CC(C)(C)c1ncc2cc(C(=O)O)oc2n1. The fourth-order valence-corrected chi connectivity index (χ4v) is 1.30. The van der Waals surface area contributed by atoms with Crippen LogP contribution in [0.3, 0.4) is 0 Å². The van der Waals surface area contributed by atoms with Crippen LogP contribution >= 0.6 is 0 Å². The van der Waals surface area contributed by atoms with E-state index in [1.54, 1.807) is 6.20 Å². The van der Waals surface area contributed by atoms with Crippen molar-refractivity contribution in [1.82, 2.24) is 9.97 Å². The van der Waals surface area contributed by atoms with Gasteiger partial charge in [0.05, 0.1) is 5.39 Å². The normalized spacial score (nSPS) is 11.9. The van der Waals surface area contributed by atoms with Gasteiger partial charge in [-0.15, -0.1) is 0 Å². The summed E-state index contributed by atoms with van der Waals surface area (Å²) in [6.45, 7) is 5.94. The summed E-state index contributed by atoms with van der Waals surface area (Å²) >= 11 is 0. The Balaban J connectivity index is 2.58. The molecule has 5 nitrogen and oxygen atoms in total. The fraction of sp³-hybridized carbons (Fsp3) is 0.364. The quantitative estimate of drug-likeness (QED) is 0.797. The van der Waals surface area contributed by atoms with Crippen LogP contribution in [0.25, 0.3) is 11.1 Å². The van der Waals surface area contributed by atoms with Crippen molar-refractivity contribution in [3.63, 3.8) is 0 Å². The van der Waals surface area contributed by atoms with E-state index in [9.17, 15) is 4.79 Å². The number of rotatable bonds is 1. The zero-order valence-corrected chi connectivity index (χ0v) is 9.31. The third kappa shape index (κ3) is 1.76. The second-order valence-electron chi connectivity index (χ2n) is 4.62. The van der Waals surface area contributed by atoms with Crippen molar-refractivity contribution in [2.75, 3.05) is 0 Å². The lowest BCUT2D eigenvalue weighted by Crippen LogP contribution is -2.15. The van der Waals surface area contributed by atoms with Crippen LogP contribution in [0, 0.1) is 0 Å². The lowest BCUT2D eigenvalue weighted by Gasteiger charge is -2.15. The summed E-state index contributed by atoms with van der Waals surface area (Å²) in [4.78, 5) is 19.1. The summed E-state index contributed by atoms with van der Waals surface area (Å²) in [6.07, 6.45) is 1.58. The molecule has 0 unspecified atom stereocenters. The van der Waals surface area contributed by atoms with Crippen molar-refractivity contribution >= 4 is 17.1 Å². The molecule has 0 bridgehead atoms. The van der Waals surface area contributed by atoms with Gasteiger partial charge in [-0.25, -0.2) is 9.78 Å². The largest absolute Gasteiger partial charge is 0.475 e. The number of carbonyl (C=O) groups is 1. The van der Waals surface area contributed by atoms with E-state index < -0.39 is 5.97 Å². The van der Waals surface area contributed by atoms with E-state index in [2.05, 4.69) is 9.97 Å². The van der Waals surface area contributed by atoms with Crippen molar-refractivity contribution in [3.8, 4) is 0 Å². The lowest BCUT2D eigenvalue weighted by molar-refractivity contribution is 0.0664. The monoisotopic (exact) mass is 220 g/mol. The molecule has 0 radical (unpaired) electrons. The summed E-state index contributed by atoms with van der Waals surface area (Å²) < 4.78 is 5.11. The molecule has 2 heterocycles. The first kappa shape index (κ1) is 10.6. The minimum absolute atomic E-state index is 0.115. The topological polar surface area (TPSA) is 76.2 Å². The highest BCUT2D eigenvalue weighted by atomic mass is 16.4. The van der Waals surface area contributed by atoms with Crippen molar-refractivity contribution in [2.45, 2.75) is 26.2 Å². The van der Waals surface area contributed by atoms with Gasteiger partial charge in [0.25, 0.3) is 0 Å². The molecule has 0 aromatic carbocycles. The Bertz CT molecular complexity index is 552. The summed E-state index contributed by atoms with van der Waals surface area (Å²) in [5, 5.41) is 9.38. The second-order valence-corrected chi connectivity index (χ2v) is 4.62. The van der Waals surface area contributed by atoms with E-state index in [0.29, 0.717) is 16.9 Å². The minimum Gasteiger partial charge on any atom is -0.475 e. The van der Waals surface area contributed by atoms with Crippen molar-refractivity contribution in [1.29, 1.82) is 0 Å². The highest BCUT2D eigenvalue weighted by Gasteiger charge is 2.19. The van der Waals surface area contributed by atoms with Gasteiger partial charge in [0.2, 0.25) is 11.5 Å². The molecule has 84 valence electrons. The Morgan fingerprint density at radius 1 is 1.44 bits per heavy atom. The molecule has 2 aromatic heterocycles. The lowest BCUT2D eigenvalue weighted by atomic mass is 9.96. The van der Waals surface area contributed by atoms with Gasteiger partial charge in [-0.1, -0.05) is 20.8 Å². The molecule has 5 heteroatoms. The molecule has 2 rings (SSSR count). The van der Waals surface area contributed by atoms with Gasteiger partial charge in [0.1, 0.15) is 5.82 Å². The predicted octanol–water partition coefficient (Wildman–Crippen LogP) is 2.22. The number of aromatic carboxylic acids is 1. The smallest absolute Gasteiger partial charge is 0.371 e. The zero-order chi connectivity index (χ0) is 11.9. The van der Waals surface area contributed by atoms with E-state index in [-0.39, 0.29) is 11.2 Å². The Labute approximate surface area is 92.1 Å². The van der Waals surface area contributed by atoms with Gasteiger partial charge in [-0.2, -0.15) is 4.98 Å². The molecular weight excluding hydrogens is 208 g/mol. The van der Waals surface area contributed by atoms with Gasteiger partial charge in [0.15, 0.2) is 0 Å². The predicted molar refractivity (Wildman–Crippen MR) is 57.5 cm³/mol. The molecule has 1 N–H and O–H groups in total. The maximum atomic E-state index is 10.7. The number of fused-ring (bicyclic) bond motifs is 1. The molecule has 16 heavy (non-hydrogen) atoms. The molecule has 0 aliphatic heterocycles. The van der Waals surface area contributed by atoms with Gasteiger partial charge in [-0.05, 0) is 0 Å². The number of carboxylic acids is 1. The van der Waals surface area contributed by atoms with Crippen LogP contribution in [0.2, 0.25) is 0 Å². The first-order valence-electron chi connectivity index (χ1n) is 4.88. The molecule has 0 aliphatic rings. The Hall–Kier alpha value is -1.91. The van der Waals surface area contributed by atoms with Crippen molar-refractivity contribution < 1.29 is 14.3 Å². The standard InChI is InChI=1S/C11H12N2O3/c1-11(2,3)10-12-5-6-4-7(9(14)15)16-8(6)13-10/h4-5H,1-3H3,(H,14,15). The number of hydrogen-bond acceptors (Lipinski definition) is 4. The van der Waals surface area contributed by atoms with Crippen LogP contribution in [0.5, 0.6) is 0 Å². The molecule has 0 spiro atoms. The van der Waals surface area contributed by atoms with Crippen LogP contribution in [0.15, 0.2) is 16.7 Å². The molecule has 0 aliphatic carbocycles. The van der Waals surface area contributed by atoms with Crippen molar-refractivity contribution in [3.05, 3.63) is 23.8 Å². The summed E-state index contributed by atoms with van der Waals surface area (Å²) in [5.74, 6) is -0.586. The zero-order valence-electron chi connectivity index (χ0n) is 9.31. The summed E-state index contributed by atoms with van der Waals surface area (Å²) in [6, 6.07) is 1.42. The van der Waals surface area contributed by atoms with Crippen LogP contribution in [-0.4, -0.2) is 21.0 Å². The second kappa shape index (κ2) is 3.30. The first-order chi connectivity index (χ1) is 7.38. The Morgan fingerprint density at radius 3 is 2.69 bits per heavy atom. The highest BCUT2D eigenvalue weighted by Crippen LogP contribution is 2.22. The molecule has 0 saturated heterocycles. The molecule has 0 fully saturated rings. The fourth-order valence-electron chi connectivity index (χ4n) is 1.30. The maximum absolute atomic E-state index is 10.7. The van der Waals surface area contributed by atoms with E-state index in [1.165, 1.54) is 6.07 Å². The van der Waals surface area contributed by atoms with Gasteiger partial charge in [-0.3, -0.25) is 0 Å². The molecule has 0 atom stereocenters. The Morgan fingerprint density at radius 2 is 2.12 bits per heavy atom. The average Bonchev–Trinajstić information content (AvgIpc) is 2.58. The highest BCUT2D eigenvalue weighted by molar-refractivity contribution is 5.90. The molecule has 0 amide bonds. The van der Waals surface area contributed by atoms with E-state index >= 15 is 0 Å². The van der Waals surface area contributed by atoms with Crippen LogP contribution in [-0.2, 0) is 5.41 Å². The summed E-state index contributed by atoms with van der Waals surface area (Å²) in [5.41, 5.74) is 0.127. The first-order valence-corrected chi connectivity index (χ1v) is 4.88. The van der Waals surface area contributed by atoms with Crippen LogP contribution in [0.1, 0.15) is 37.2 Å². The summed E-state index contributed by atoms with van der Waals surface area (Å²) in [7, 11) is 0. The third-order valence-corrected chi connectivity index (χ3v) is 2.16. The molecular formula is C11H12N2O3. The molecule has 2 aromatic rings. The Kier molecular flexibility index (Phi) is 2.18. The van der Waals surface area contributed by atoms with E-state index in [0.717, 1.165) is 0 Å². The third-order valence-electron chi connectivity index (χ3n) is 2.16. The molecule has 0 saturated carbocycles. The van der Waals surface area contributed by atoms with Gasteiger partial charge < -0.3 is 9.52 Å². The number of carboxylic acid groups (broad SMARTS) is 1. The minimum atomic E-state index is -1.10. The average molecular weight is 220 g/mol. The van der Waals surface area contributed by atoms with Crippen LogP contribution < -0.4 is 0 Å². The number of furan rings is 1. The number of nitrogens with zero attached hydrogens (tertiary/aromatic N) is 2. The van der Waals surface area contributed by atoms with E-state index in [4.69, 9.17) is 9.52 Å². The van der Waals surface area contributed by atoms with Gasteiger partial charge >= 0.3 is 5.97 Å². The van der Waals surface area contributed by atoms with E-state index in [1.807, 2.05) is 20.8 Å². The maximum Gasteiger partial charge on any atom is 0.371 e.